The van der Waals surface area contributed by atoms with Crippen LogP contribution in [-0.4, -0.2) is 39.5 Å². The molecule has 2 heterocycles. The van der Waals surface area contributed by atoms with Gasteiger partial charge in [-0.1, -0.05) is 0 Å². The van der Waals surface area contributed by atoms with Crippen LogP contribution in [0.1, 0.15) is 18.2 Å². The van der Waals surface area contributed by atoms with Gasteiger partial charge in [0.1, 0.15) is 5.76 Å². The van der Waals surface area contributed by atoms with Gasteiger partial charge >= 0.3 is 5.69 Å². The minimum atomic E-state index is -0.476. The summed E-state index contributed by atoms with van der Waals surface area (Å²) in [6.07, 6.45) is 2.98. The van der Waals surface area contributed by atoms with E-state index in [1.54, 1.807) is 18.0 Å². The summed E-state index contributed by atoms with van der Waals surface area (Å²) in [6.45, 7) is 2.72. The molecule has 0 bridgehead atoms. The lowest BCUT2D eigenvalue weighted by molar-refractivity contribution is -0.384. The molecule has 0 saturated carbocycles. The first kappa shape index (κ1) is 17.2. The van der Waals surface area contributed by atoms with Crippen LogP contribution in [0, 0.1) is 10.1 Å². The maximum absolute atomic E-state index is 11.0. The molecule has 0 aromatic carbocycles. The van der Waals surface area contributed by atoms with Crippen LogP contribution < -0.4 is 5.32 Å². The standard InChI is InChI=1S/C14H19N5O3S/c1-10(16-14-12(19(20)21)4-6-15-17-14)23-9-13-11(5-7-22-13)8-18(2)3/h4-7,10H,8-9H2,1-3H3,(H,16,17). The zero-order valence-corrected chi connectivity index (χ0v) is 14.0. The number of rotatable bonds is 8. The van der Waals surface area contributed by atoms with Crippen molar-refractivity contribution in [2.75, 3.05) is 19.4 Å². The summed E-state index contributed by atoms with van der Waals surface area (Å²) in [7, 11) is 4.00. The molecule has 124 valence electrons. The molecule has 0 aliphatic carbocycles. The monoisotopic (exact) mass is 337 g/mol. The van der Waals surface area contributed by atoms with Crippen LogP contribution in [-0.2, 0) is 12.3 Å². The number of nitrogens with zero attached hydrogens (tertiary/aromatic N) is 4. The highest BCUT2D eigenvalue weighted by atomic mass is 32.2. The molecule has 2 aromatic heterocycles. The predicted molar refractivity (Wildman–Crippen MR) is 89.2 cm³/mol. The molecule has 9 heteroatoms. The Hall–Kier alpha value is -2.13. The van der Waals surface area contributed by atoms with Gasteiger partial charge in [-0.05, 0) is 27.1 Å². The fourth-order valence-electron chi connectivity index (χ4n) is 1.99. The molecule has 2 aromatic rings. The minimum Gasteiger partial charge on any atom is -0.468 e. The third-order valence-electron chi connectivity index (χ3n) is 3.02. The molecule has 2 rings (SSSR count). The summed E-state index contributed by atoms with van der Waals surface area (Å²) in [5.74, 6) is 1.75. The molecule has 1 N–H and O–H groups in total. The van der Waals surface area contributed by atoms with Gasteiger partial charge < -0.3 is 14.6 Å². The van der Waals surface area contributed by atoms with Gasteiger partial charge in [-0.3, -0.25) is 10.1 Å². The van der Waals surface area contributed by atoms with Gasteiger partial charge in [0.15, 0.2) is 0 Å². The zero-order valence-electron chi connectivity index (χ0n) is 13.2. The number of nitro groups is 1. The van der Waals surface area contributed by atoms with Crippen LogP contribution in [0.3, 0.4) is 0 Å². The zero-order chi connectivity index (χ0) is 16.8. The lowest BCUT2D eigenvalue weighted by Gasteiger charge is -2.14. The molecular weight excluding hydrogens is 318 g/mol. The van der Waals surface area contributed by atoms with Crippen molar-refractivity contribution in [2.24, 2.45) is 0 Å². The van der Waals surface area contributed by atoms with E-state index >= 15 is 0 Å². The second-order valence-electron chi connectivity index (χ2n) is 5.23. The normalized spacial score (nSPS) is 12.3. The molecule has 0 aliphatic rings. The number of thioether (sulfide) groups is 1. The maximum Gasteiger partial charge on any atom is 0.314 e. The lowest BCUT2D eigenvalue weighted by Crippen LogP contribution is -2.15. The molecular formula is C14H19N5O3S. The Morgan fingerprint density at radius 1 is 1.48 bits per heavy atom. The topological polar surface area (TPSA) is 97.3 Å². The predicted octanol–water partition coefficient (Wildman–Crippen LogP) is 2.73. The highest BCUT2D eigenvalue weighted by Crippen LogP contribution is 2.26. The molecule has 0 radical (unpaired) electrons. The smallest absolute Gasteiger partial charge is 0.314 e. The second kappa shape index (κ2) is 7.93. The first-order chi connectivity index (χ1) is 11.0. The van der Waals surface area contributed by atoms with Gasteiger partial charge in [-0.15, -0.1) is 16.9 Å². The first-order valence-corrected chi connectivity index (χ1v) is 8.06. The van der Waals surface area contributed by atoms with Crippen molar-refractivity contribution < 1.29 is 9.34 Å². The lowest BCUT2D eigenvalue weighted by atomic mass is 10.2. The van der Waals surface area contributed by atoms with Gasteiger partial charge in [-0.25, -0.2) is 0 Å². The molecule has 8 nitrogen and oxygen atoms in total. The van der Waals surface area contributed by atoms with Crippen molar-refractivity contribution in [1.29, 1.82) is 0 Å². The van der Waals surface area contributed by atoms with E-state index in [-0.39, 0.29) is 16.9 Å². The van der Waals surface area contributed by atoms with E-state index < -0.39 is 4.92 Å². The largest absolute Gasteiger partial charge is 0.468 e. The summed E-state index contributed by atoms with van der Waals surface area (Å²) in [4.78, 5) is 12.6. The van der Waals surface area contributed by atoms with Crippen molar-refractivity contribution in [3.05, 3.63) is 46.0 Å². The Balaban J connectivity index is 1.95. The molecule has 0 aliphatic heterocycles. The van der Waals surface area contributed by atoms with E-state index in [0.29, 0.717) is 5.75 Å². The Labute approximate surface area is 138 Å². The van der Waals surface area contributed by atoms with E-state index in [2.05, 4.69) is 20.4 Å². The highest BCUT2D eigenvalue weighted by Gasteiger charge is 2.17. The number of hydrogen-bond acceptors (Lipinski definition) is 8. The molecule has 23 heavy (non-hydrogen) atoms. The highest BCUT2D eigenvalue weighted by molar-refractivity contribution is 7.99. The minimum absolute atomic E-state index is 0.0808. The Bertz CT molecular complexity index is 661. The van der Waals surface area contributed by atoms with Crippen LogP contribution in [0.4, 0.5) is 11.5 Å². The number of furan rings is 1. The van der Waals surface area contributed by atoms with Crippen molar-refractivity contribution in [2.45, 2.75) is 24.6 Å². The molecule has 0 fully saturated rings. The molecule has 0 amide bonds. The number of anilines is 1. The van der Waals surface area contributed by atoms with Gasteiger partial charge in [0.25, 0.3) is 0 Å². The van der Waals surface area contributed by atoms with E-state index in [9.17, 15) is 10.1 Å². The Morgan fingerprint density at radius 3 is 2.96 bits per heavy atom. The summed E-state index contributed by atoms with van der Waals surface area (Å²) in [5.41, 5.74) is 1.05. The van der Waals surface area contributed by atoms with Crippen LogP contribution in [0.2, 0.25) is 0 Å². The SMILES string of the molecule is CC(Nc1nnccc1[N+](=O)[O-])SCc1occc1CN(C)C. The Morgan fingerprint density at radius 2 is 2.26 bits per heavy atom. The summed E-state index contributed by atoms with van der Waals surface area (Å²) >= 11 is 1.58. The fourth-order valence-corrected chi connectivity index (χ4v) is 2.84. The average molecular weight is 337 g/mol. The molecule has 0 saturated heterocycles. The van der Waals surface area contributed by atoms with Crippen LogP contribution >= 0.6 is 11.8 Å². The quantitative estimate of drug-likeness (QED) is 0.446. The van der Waals surface area contributed by atoms with Gasteiger partial charge in [-0.2, -0.15) is 5.10 Å². The van der Waals surface area contributed by atoms with Gasteiger partial charge in [0.05, 0.1) is 28.5 Å². The van der Waals surface area contributed by atoms with E-state index in [0.717, 1.165) is 17.9 Å². The maximum atomic E-state index is 11.0. The first-order valence-electron chi connectivity index (χ1n) is 7.01. The summed E-state index contributed by atoms with van der Waals surface area (Å²) in [5, 5.41) is 21.4. The molecule has 1 unspecified atom stereocenters. The van der Waals surface area contributed by atoms with Crippen LogP contribution in [0.15, 0.2) is 29.0 Å². The van der Waals surface area contributed by atoms with Crippen LogP contribution in [0.25, 0.3) is 0 Å². The fraction of sp³-hybridized carbons (Fsp3) is 0.429. The summed E-state index contributed by atoms with van der Waals surface area (Å²) in [6, 6.07) is 3.29. The number of aromatic nitrogens is 2. The second-order valence-corrected chi connectivity index (χ2v) is 6.56. The van der Waals surface area contributed by atoms with Crippen molar-refractivity contribution in [3.63, 3.8) is 0 Å². The molecule has 1 atom stereocenters. The van der Waals surface area contributed by atoms with Gasteiger partial charge in [0.2, 0.25) is 5.82 Å². The van der Waals surface area contributed by atoms with E-state index in [1.807, 2.05) is 27.1 Å². The third kappa shape index (κ3) is 4.93. The average Bonchev–Trinajstić information content (AvgIpc) is 2.92. The Kier molecular flexibility index (Phi) is 5.94. The van der Waals surface area contributed by atoms with E-state index in [4.69, 9.17) is 4.42 Å². The van der Waals surface area contributed by atoms with Crippen molar-refractivity contribution >= 4 is 23.3 Å². The van der Waals surface area contributed by atoms with Crippen molar-refractivity contribution in [1.82, 2.24) is 15.1 Å². The summed E-state index contributed by atoms with van der Waals surface area (Å²) < 4.78 is 5.52. The number of nitrogens with one attached hydrogen (secondary N) is 1. The van der Waals surface area contributed by atoms with Crippen molar-refractivity contribution in [3.8, 4) is 0 Å². The van der Waals surface area contributed by atoms with Crippen LogP contribution in [0.5, 0.6) is 0 Å². The third-order valence-corrected chi connectivity index (χ3v) is 4.07. The van der Waals surface area contributed by atoms with Gasteiger partial charge in [0, 0.05) is 18.2 Å². The van der Waals surface area contributed by atoms with E-state index in [1.165, 1.54) is 12.3 Å². The number of hydrogen-bond donors (Lipinski definition) is 1. The molecule has 0 spiro atoms.